The molecule has 7 N–H and O–H groups in total. The van der Waals surface area contributed by atoms with Gasteiger partial charge in [-0.15, -0.1) is 0 Å². The summed E-state index contributed by atoms with van der Waals surface area (Å²) < 4.78 is 11.5. The maximum absolute atomic E-state index is 14.0. The van der Waals surface area contributed by atoms with Crippen LogP contribution < -0.4 is 31.3 Å². The van der Waals surface area contributed by atoms with E-state index in [0.717, 1.165) is 5.57 Å². The first-order valence-corrected chi connectivity index (χ1v) is 17.8. The molecule has 1 aliphatic rings. The van der Waals surface area contributed by atoms with Crippen molar-refractivity contribution in [3.05, 3.63) is 107 Å². The maximum atomic E-state index is 14.0. The summed E-state index contributed by atoms with van der Waals surface area (Å²) in [5.74, 6) is -4.54. The molecule has 3 aromatic rings. The summed E-state index contributed by atoms with van der Waals surface area (Å²) in [5.41, 5.74) is 2.84. The number of carbonyl (C=O) groups excluding carboxylic acids is 6. The van der Waals surface area contributed by atoms with Crippen LogP contribution in [0.25, 0.3) is 0 Å². The van der Waals surface area contributed by atoms with Crippen LogP contribution in [-0.2, 0) is 52.8 Å². The molecule has 5 atom stereocenters. The number of phenolic OH excluding ortho intramolecular Hbond substituents is 1. The number of benzene rings is 3. The third-order valence-electron chi connectivity index (χ3n) is 8.54. The summed E-state index contributed by atoms with van der Waals surface area (Å²) >= 11 is 0. The van der Waals surface area contributed by atoms with E-state index in [2.05, 4.69) is 26.6 Å². The van der Waals surface area contributed by atoms with Gasteiger partial charge in [-0.25, -0.2) is 4.79 Å². The Hall–Kier alpha value is -6.22. The highest BCUT2D eigenvalue weighted by atomic mass is 16.5. The summed E-state index contributed by atoms with van der Waals surface area (Å²) in [6, 6.07) is 15.9. The second-order valence-electron chi connectivity index (χ2n) is 13.3. The van der Waals surface area contributed by atoms with Crippen LogP contribution in [0.5, 0.6) is 11.5 Å². The smallest absolute Gasteiger partial charge is 0.329 e. The van der Waals surface area contributed by atoms with Crippen LogP contribution in [0.15, 0.2) is 90.5 Å². The Balaban J connectivity index is 1.66. The summed E-state index contributed by atoms with van der Waals surface area (Å²) in [5, 5.41) is 32.4. The molecule has 55 heavy (non-hydrogen) atoms. The second-order valence-corrected chi connectivity index (χ2v) is 13.3. The van der Waals surface area contributed by atoms with Gasteiger partial charge in [-0.3, -0.25) is 24.0 Å². The molecule has 0 radical (unpaired) electrons. The van der Waals surface area contributed by atoms with Gasteiger partial charge in [-0.1, -0.05) is 60.2 Å². The molecule has 1 heterocycles. The lowest BCUT2D eigenvalue weighted by Gasteiger charge is -2.26. The lowest BCUT2D eigenvalue weighted by atomic mass is 10.0. The number of rotatable bonds is 10. The van der Waals surface area contributed by atoms with Crippen LogP contribution in [0.3, 0.4) is 0 Å². The van der Waals surface area contributed by atoms with Gasteiger partial charge in [0.15, 0.2) is 6.10 Å². The van der Waals surface area contributed by atoms with Crippen LogP contribution in [0, 0.1) is 0 Å². The molecule has 0 bridgehead atoms. The van der Waals surface area contributed by atoms with Crippen LogP contribution in [0.4, 0.5) is 0 Å². The topological polar surface area (TPSA) is 221 Å². The van der Waals surface area contributed by atoms with Gasteiger partial charge < -0.3 is 46.3 Å². The van der Waals surface area contributed by atoms with E-state index >= 15 is 0 Å². The number of esters is 1. The fourth-order valence-electron chi connectivity index (χ4n) is 5.45. The molecule has 15 nitrogen and oxygen atoms in total. The van der Waals surface area contributed by atoms with E-state index in [1.165, 1.54) is 31.2 Å². The largest absolute Gasteiger partial charge is 0.508 e. The number of aliphatic hydroxyl groups is 1. The Labute approximate surface area is 318 Å². The predicted octanol–water partition coefficient (Wildman–Crippen LogP) is 0.758. The summed E-state index contributed by atoms with van der Waals surface area (Å²) in [6.07, 6.45) is 0.167. The monoisotopic (exact) mass is 757 g/mol. The minimum absolute atomic E-state index is 0.0221. The van der Waals surface area contributed by atoms with Gasteiger partial charge in [-0.05, 0) is 67.8 Å². The van der Waals surface area contributed by atoms with Gasteiger partial charge in [0.1, 0.15) is 42.3 Å². The van der Waals surface area contributed by atoms with Gasteiger partial charge in [0.05, 0.1) is 13.2 Å². The lowest BCUT2D eigenvalue weighted by Crippen LogP contribution is -2.59. The van der Waals surface area contributed by atoms with Crippen molar-refractivity contribution in [3.8, 4) is 11.5 Å². The molecule has 5 amide bonds. The number of aromatic hydroxyl groups is 1. The average Bonchev–Trinajstić information content (AvgIpc) is 3.16. The SMILES string of the molecule is CC(C)=CCOc1ccc(C[C@H]2NC(=O)[C@@H](CO)NC(=O)[C@@H](Cc3ccc(O)cc3)NC(=O)CNC(=O)[C@H](C)NC(=O)[C@H](Cc3ccccc3)OC2=O)cc1. The van der Waals surface area contributed by atoms with E-state index in [1.54, 1.807) is 54.6 Å². The Morgan fingerprint density at radius 3 is 1.93 bits per heavy atom. The number of carbonyl (C=O) groups is 6. The molecule has 1 fully saturated rings. The number of hydrogen-bond donors (Lipinski definition) is 7. The molecule has 1 saturated heterocycles. The van der Waals surface area contributed by atoms with Crippen molar-refractivity contribution in [1.82, 2.24) is 26.6 Å². The highest BCUT2D eigenvalue weighted by molar-refractivity contribution is 5.96. The minimum Gasteiger partial charge on any atom is -0.508 e. The third kappa shape index (κ3) is 13.3. The maximum Gasteiger partial charge on any atom is 0.329 e. The molecule has 0 aromatic heterocycles. The van der Waals surface area contributed by atoms with E-state index < -0.39 is 78.9 Å². The van der Waals surface area contributed by atoms with Crippen molar-refractivity contribution in [1.29, 1.82) is 0 Å². The summed E-state index contributed by atoms with van der Waals surface area (Å²) in [4.78, 5) is 80.8. The van der Waals surface area contributed by atoms with Crippen molar-refractivity contribution in [2.45, 2.75) is 70.3 Å². The molecule has 1 aliphatic heterocycles. The standard InChI is InChI=1S/C40H47N5O10/c1-24(2)17-18-54-30-15-11-28(12-16-30)20-32-40(53)55-34(21-26-7-5-4-6-8-26)39(52)42-25(3)36(49)41-22-35(48)43-31(19-27-9-13-29(47)14-10-27)37(50)45-33(23-46)38(51)44-32/h4-17,25,31-34,46-47H,18-23H2,1-3H3,(H,41,49)(H,42,52)(H,43,48)(H,44,51)(H,45,50)/t25-,31+,32+,33+,34-/m0/s1. The van der Waals surface area contributed by atoms with E-state index in [0.29, 0.717) is 29.0 Å². The fraction of sp³-hybridized carbons (Fsp3) is 0.350. The highest BCUT2D eigenvalue weighted by Gasteiger charge is 2.34. The molecule has 15 heteroatoms. The molecular formula is C40H47N5O10. The third-order valence-corrected chi connectivity index (χ3v) is 8.54. The van der Waals surface area contributed by atoms with Gasteiger partial charge in [0.2, 0.25) is 23.6 Å². The van der Waals surface area contributed by atoms with Crippen molar-refractivity contribution >= 4 is 35.5 Å². The second kappa shape index (κ2) is 20.3. The normalized spacial score (nSPS) is 21.6. The van der Waals surface area contributed by atoms with Crippen molar-refractivity contribution in [2.24, 2.45) is 0 Å². The van der Waals surface area contributed by atoms with Crippen LogP contribution in [-0.4, -0.2) is 95.7 Å². The molecule has 292 valence electrons. The zero-order valence-corrected chi connectivity index (χ0v) is 30.9. The number of allylic oxidation sites excluding steroid dienone is 1. The number of hydrogen-bond acceptors (Lipinski definition) is 10. The van der Waals surface area contributed by atoms with E-state index in [9.17, 15) is 39.0 Å². The fourth-order valence-corrected chi connectivity index (χ4v) is 5.45. The van der Waals surface area contributed by atoms with Crippen molar-refractivity contribution in [3.63, 3.8) is 0 Å². The molecule has 3 aromatic carbocycles. The van der Waals surface area contributed by atoms with Crippen LogP contribution >= 0.6 is 0 Å². The first-order chi connectivity index (χ1) is 26.3. The predicted molar refractivity (Wildman–Crippen MR) is 200 cm³/mol. The average molecular weight is 758 g/mol. The molecule has 0 saturated carbocycles. The molecule has 0 unspecified atom stereocenters. The zero-order valence-electron chi connectivity index (χ0n) is 30.9. The van der Waals surface area contributed by atoms with E-state index in [-0.39, 0.29) is 25.0 Å². The van der Waals surface area contributed by atoms with E-state index in [4.69, 9.17) is 9.47 Å². The van der Waals surface area contributed by atoms with E-state index in [1.807, 2.05) is 19.9 Å². The zero-order chi connectivity index (χ0) is 39.9. The van der Waals surface area contributed by atoms with Gasteiger partial charge in [0, 0.05) is 19.3 Å². The molecule has 0 aliphatic carbocycles. The summed E-state index contributed by atoms with van der Waals surface area (Å²) in [7, 11) is 0. The Morgan fingerprint density at radius 2 is 1.29 bits per heavy atom. The Kier molecular flexibility index (Phi) is 15.3. The molecule has 0 spiro atoms. The number of aliphatic hydroxyl groups excluding tert-OH is 1. The van der Waals surface area contributed by atoms with Crippen LogP contribution in [0.1, 0.15) is 37.5 Å². The molecular weight excluding hydrogens is 710 g/mol. The van der Waals surface area contributed by atoms with Crippen molar-refractivity contribution < 1.29 is 48.5 Å². The Morgan fingerprint density at radius 1 is 0.709 bits per heavy atom. The van der Waals surface area contributed by atoms with Crippen LogP contribution in [0.2, 0.25) is 0 Å². The first kappa shape index (κ1) is 41.5. The van der Waals surface area contributed by atoms with Gasteiger partial charge >= 0.3 is 5.97 Å². The summed E-state index contributed by atoms with van der Waals surface area (Å²) in [6.45, 7) is 4.18. The lowest BCUT2D eigenvalue weighted by molar-refractivity contribution is -0.159. The number of cyclic esters (lactones) is 1. The molecule has 4 rings (SSSR count). The first-order valence-electron chi connectivity index (χ1n) is 17.8. The van der Waals surface area contributed by atoms with Gasteiger partial charge in [-0.2, -0.15) is 0 Å². The van der Waals surface area contributed by atoms with Crippen molar-refractivity contribution in [2.75, 3.05) is 19.8 Å². The van der Waals surface area contributed by atoms with Gasteiger partial charge in [0.25, 0.3) is 5.91 Å². The Bertz CT molecular complexity index is 1830. The quantitative estimate of drug-likeness (QED) is 0.114. The number of amides is 5. The number of nitrogens with one attached hydrogen (secondary N) is 5. The number of ether oxygens (including phenoxy) is 2. The highest BCUT2D eigenvalue weighted by Crippen LogP contribution is 2.16. The number of phenols is 1. The minimum atomic E-state index is -1.59.